The molecule has 0 heterocycles. The highest BCUT2D eigenvalue weighted by molar-refractivity contribution is 5.33. The molecular formula is C12H11NO3. The van der Waals surface area contributed by atoms with Crippen molar-refractivity contribution < 1.29 is 10.0 Å². The Bertz CT molecular complexity index is 437. The van der Waals surface area contributed by atoms with Crippen LogP contribution in [0, 0.1) is 10.1 Å². The largest absolute Gasteiger partial charge is 0.361 e. The fraction of sp³-hybridized carbons (Fsp3) is 0.167. The van der Waals surface area contributed by atoms with E-state index < -0.39 is 10.6 Å². The molecule has 1 aliphatic carbocycles. The summed E-state index contributed by atoms with van der Waals surface area (Å²) in [5, 5.41) is 20.1. The minimum Gasteiger partial charge on any atom is -0.324 e. The molecule has 4 heteroatoms. The molecule has 2 rings (SSSR count). The molecule has 82 valence electrons. The van der Waals surface area contributed by atoms with Gasteiger partial charge in [0.1, 0.15) is 0 Å². The van der Waals surface area contributed by atoms with Gasteiger partial charge in [0.2, 0.25) is 0 Å². The minimum absolute atomic E-state index is 0.0126. The molecule has 0 amide bonds. The van der Waals surface area contributed by atoms with Gasteiger partial charge in [-0.1, -0.05) is 42.5 Å². The maximum Gasteiger partial charge on any atom is 0.361 e. The molecule has 0 unspecified atom stereocenters. The summed E-state index contributed by atoms with van der Waals surface area (Å²) in [6, 6.07) is 9.61. The summed E-state index contributed by atoms with van der Waals surface area (Å²) in [5.74, 6) is -0.0126. The van der Waals surface area contributed by atoms with Crippen molar-refractivity contribution in [3.05, 3.63) is 70.3 Å². The number of hydrogen-bond acceptors (Lipinski definition) is 3. The van der Waals surface area contributed by atoms with Crippen molar-refractivity contribution in [3.8, 4) is 0 Å². The zero-order chi connectivity index (χ0) is 11.6. The Balaban J connectivity index is 2.22. The molecule has 4 nitrogen and oxygen atoms in total. The molecule has 0 bridgehead atoms. The van der Waals surface area contributed by atoms with Crippen LogP contribution in [0.2, 0.25) is 0 Å². The van der Waals surface area contributed by atoms with Crippen molar-refractivity contribution in [2.24, 2.45) is 0 Å². The number of nitrogens with zero attached hydrogens (tertiary/aromatic N) is 1. The fourth-order valence-corrected chi connectivity index (χ4v) is 1.63. The Morgan fingerprint density at radius 2 is 1.75 bits per heavy atom. The molecule has 16 heavy (non-hydrogen) atoms. The van der Waals surface area contributed by atoms with E-state index in [9.17, 15) is 15.2 Å². The molecule has 0 spiro atoms. The third-order valence-electron chi connectivity index (χ3n) is 2.57. The van der Waals surface area contributed by atoms with Gasteiger partial charge in [-0.05, 0) is 5.56 Å². The van der Waals surface area contributed by atoms with Gasteiger partial charge in [0.25, 0.3) is 0 Å². The third kappa shape index (κ3) is 1.87. The average molecular weight is 217 g/mol. The van der Waals surface area contributed by atoms with Crippen molar-refractivity contribution in [2.75, 3.05) is 0 Å². The van der Waals surface area contributed by atoms with Gasteiger partial charge >= 0.3 is 5.72 Å². The van der Waals surface area contributed by atoms with Crippen molar-refractivity contribution in [1.29, 1.82) is 0 Å². The second kappa shape index (κ2) is 3.90. The lowest BCUT2D eigenvalue weighted by molar-refractivity contribution is -0.591. The van der Waals surface area contributed by atoms with Crippen molar-refractivity contribution in [3.63, 3.8) is 0 Å². The van der Waals surface area contributed by atoms with E-state index in [4.69, 9.17) is 0 Å². The quantitative estimate of drug-likeness (QED) is 0.356. The predicted octanol–water partition coefficient (Wildman–Crippen LogP) is 1.86. The molecule has 1 aromatic carbocycles. The molecule has 1 aromatic rings. The molecule has 0 radical (unpaired) electrons. The first kappa shape index (κ1) is 10.6. The van der Waals surface area contributed by atoms with Gasteiger partial charge in [-0.25, -0.2) is 0 Å². The Morgan fingerprint density at radius 1 is 1.19 bits per heavy atom. The maximum atomic E-state index is 10.6. The summed E-state index contributed by atoms with van der Waals surface area (Å²) in [4.78, 5) is 9.85. The predicted molar refractivity (Wildman–Crippen MR) is 59.4 cm³/mol. The van der Waals surface area contributed by atoms with Crippen LogP contribution in [0.15, 0.2) is 54.6 Å². The van der Waals surface area contributed by atoms with E-state index >= 15 is 0 Å². The number of aliphatic hydroxyl groups is 1. The topological polar surface area (TPSA) is 63.4 Å². The average Bonchev–Trinajstić information content (AvgIpc) is 2.31. The molecule has 1 aliphatic rings. The second-order valence-corrected chi connectivity index (χ2v) is 3.69. The first-order valence-corrected chi connectivity index (χ1v) is 4.92. The Hall–Kier alpha value is -1.94. The molecular weight excluding hydrogens is 206 g/mol. The Morgan fingerprint density at radius 3 is 2.25 bits per heavy atom. The number of benzene rings is 1. The third-order valence-corrected chi connectivity index (χ3v) is 2.57. The van der Waals surface area contributed by atoms with Crippen LogP contribution in [0.5, 0.6) is 0 Å². The van der Waals surface area contributed by atoms with Crippen LogP contribution in [0.3, 0.4) is 0 Å². The van der Waals surface area contributed by atoms with E-state index in [1.165, 1.54) is 12.2 Å². The zero-order valence-corrected chi connectivity index (χ0v) is 8.48. The highest BCUT2D eigenvalue weighted by Crippen LogP contribution is 2.26. The van der Waals surface area contributed by atoms with Gasteiger partial charge in [0.05, 0.1) is 4.92 Å². The molecule has 0 fully saturated rings. The summed E-state index contributed by atoms with van der Waals surface area (Å²) in [7, 11) is 0. The lowest BCUT2D eigenvalue weighted by atomic mass is 9.92. The number of nitro groups is 1. The van der Waals surface area contributed by atoms with E-state index in [1.54, 1.807) is 12.2 Å². The standard InChI is InChI=1S/C12H11NO3/c14-12(13(15)16)8-6-11(7-9-12)10-4-2-1-3-5-10/h1-9,11,14H. The molecule has 0 saturated heterocycles. The molecule has 1 N–H and O–H groups in total. The summed E-state index contributed by atoms with van der Waals surface area (Å²) in [6.45, 7) is 0. The van der Waals surface area contributed by atoms with E-state index in [2.05, 4.69) is 0 Å². The van der Waals surface area contributed by atoms with Crippen LogP contribution in [-0.2, 0) is 0 Å². The minimum atomic E-state index is -2.05. The van der Waals surface area contributed by atoms with Crippen molar-refractivity contribution in [2.45, 2.75) is 11.6 Å². The summed E-state index contributed by atoms with van der Waals surface area (Å²) in [5.41, 5.74) is -1.01. The Kier molecular flexibility index (Phi) is 2.58. The van der Waals surface area contributed by atoms with E-state index in [-0.39, 0.29) is 5.92 Å². The van der Waals surface area contributed by atoms with Crippen LogP contribution >= 0.6 is 0 Å². The van der Waals surface area contributed by atoms with E-state index in [1.807, 2.05) is 30.3 Å². The molecule has 0 aliphatic heterocycles. The maximum absolute atomic E-state index is 10.6. The van der Waals surface area contributed by atoms with Crippen LogP contribution in [0.1, 0.15) is 11.5 Å². The van der Waals surface area contributed by atoms with Crippen LogP contribution < -0.4 is 0 Å². The van der Waals surface area contributed by atoms with Gasteiger partial charge in [0, 0.05) is 18.1 Å². The SMILES string of the molecule is O=[N+]([O-])C1(O)C=CC(c2ccccc2)C=C1. The van der Waals surface area contributed by atoms with Gasteiger partial charge < -0.3 is 5.11 Å². The van der Waals surface area contributed by atoms with Crippen LogP contribution in [-0.4, -0.2) is 15.8 Å². The Labute approximate surface area is 92.7 Å². The van der Waals surface area contributed by atoms with Crippen LogP contribution in [0.25, 0.3) is 0 Å². The van der Waals surface area contributed by atoms with E-state index in [0.717, 1.165) is 5.56 Å². The number of allylic oxidation sites excluding steroid dienone is 2. The first-order valence-electron chi connectivity index (χ1n) is 4.92. The molecule has 0 atom stereocenters. The van der Waals surface area contributed by atoms with E-state index in [0.29, 0.717) is 0 Å². The molecule has 0 saturated carbocycles. The second-order valence-electron chi connectivity index (χ2n) is 3.69. The molecule has 0 aromatic heterocycles. The monoisotopic (exact) mass is 217 g/mol. The van der Waals surface area contributed by atoms with Crippen molar-refractivity contribution in [1.82, 2.24) is 0 Å². The first-order chi connectivity index (χ1) is 7.62. The smallest absolute Gasteiger partial charge is 0.324 e. The number of rotatable bonds is 2. The van der Waals surface area contributed by atoms with Gasteiger partial charge in [0.15, 0.2) is 0 Å². The fourth-order valence-electron chi connectivity index (χ4n) is 1.63. The lowest BCUT2D eigenvalue weighted by Crippen LogP contribution is -2.34. The van der Waals surface area contributed by atoms with Gasteiger partial charge in [-0.3, -0.25) is 10.1 Å². The highest BCUT2D eigenvalue weighted by Gasteiger charge is 2.36. The number of hydrogen-bond donors (Lipinski definition) is 1. The normalized spacial score (nSPS) is 27.9. The highest BCUT2D eigenvalue weighted by atomic mass is 16.7. The van der Waals surface area contributed by atoms with Gasteiger partial charge in [-0.15, -0.1) is 0 Å². The summed E-state index contributed by atoms with van der Waals surface area (Å²) < 4.78 is 0. The van der Waals surface area contributed by atoms with Gasteiger partial charge in [-0.2, -0.15) is 0 Å². The van der Waals surface area contributed by atoms with Crippen molar-refractivity contribution >= 4 is 0 Å². The summed E-state index contributed by atoms with van der Waals surface area (Å²) >= 11 is 0. The summed E-state index contributed by atoms with van der Waals surface area (Å²) in [6.07, 6.45) is 5.70. The zero-order valence-electron chi connectivity index (χ0n) is 8.48. The van der Waals surface area contributed by atoms with Crippen LogP contribution in [0.4, 0.5) is 0 Å². The lowest BCUT2D eigenvalue weighted by Gasteiger charge is -2.18.